The first kappa shape index (κ1) is 13.1. The fraction of sp³-hybridized carbons (Fsp3) is 0.500. The van der Waals surface area contributed by atoms with E-state index < -0.39 is 0 Å². The summed E-state index contributed by atoms with van der Waals surface area (Å²) in [5.74, 6) is 0.0655. The number of aryl methyl sites for hydroxylation is 2. The second kappa shape index (κ2) is 4.86. The maximum atomic E-state index is 12.5. The molecule has 0 aromatic carbocycles. The largest absolute Gasteiger partial charge is 0.336 e. The van der Waals surface area contributed by atoms with E-state index in [1.807, 2.05) is 24.9 Å². The van der Waals surface area contributed by atoms with E-state index in [0.29, 0.717) is 5.56 Å². The van der Waals surface area contributed by atoms with Gasteiger partial charge in [0.2, 0.25) is 0 Å². The first-order valence-corrected chi connectivity index (χ1v) is 6.83. The van der Waals surface area contributed by atoms with Crippen LogP contribution in [0.15, 0.2) is 12.3 Å². The molecule has 0 spiro atoms. The molecule has 1 saturated heterocycles. The number of carbonyl (C=O) groups excluding carboxylic acids is 1. The van der Waals surface area contributed by atoms with Gasteiger partial charge in [0.15, 0.2) is 5.65 Å². The summed E-state index contributed by atoms with van der Waals surface area (Å²) in [5, 5.41) is 5.29. The van der Waals surface area contributed by atoms with E-state index in [1.54, 1.807) is 10.9 Å². The van der Waals surface area contributed by atoms with Crippen LogP contribution in [0.4, 0.5) is 0 Å². The summed E-state index contributed by atoms with van der Waals surface area (Å²) in [4.78, 5) is 21.0. The van der Waals surface area contributed by atoms with Crippen molar-refractivity contribution in [1.82, 2.24) is 24.6 Å². The predicted octanol–water partition coefficient (Wildman–Crippen LogP) is 0.664. The Hall–Kier alpha value is -1.95. The van der Waals surface area contributed by atoms with E-state index in [9.17, 15) is 4.79 Å². The molecular weight excluding hydrogens is 254 g/mol. The molecule has 6 heteroatoms. The Labute approximate surface area is 118 Å². The van der Waals surface area contributed by atoms with Gasteiger partial charge in [-0.2, -0.15) is 5.10 Å². The maximum Gasteiger partial charge on any atom is 0.255 e. The third-order valence-corrected chi connectivity index (χ3v) is 3.90. The zero-order chi connectivity index (χ0) is 14.3. The molecule has 0 unspecified atom stereocenters. The van der Waals surface area contributed by atoms with Crippen molar-refractivity contribution in [3.8, 4) is 0 Å². The third-order valence-electron chi connectivity index (χ3n) is 3.90. The molecule has 0 saturated carbocycles. The fourth-order valence-corrected chi connectivity index (χ4v) is 2.62. The Balaban J connectivity index is 1.90. The monoisotopic (exact) mass is 273 g/mol. The van der Waals surface area contributed by atoms with Crippen LogP contribution < -0.4 is 0 Å². The molecule has 106 valence electrons. The number of aromatic nitrogens is 3. The normalized spacial score (nSPS) is 16.9. The zero-order valence-corrected chi connectivity index (χ0v) is 12.1. The van der Waals surface area contributed by atoms with Crippen molar-refractivity contribution in [1.29, 1.82) is 0 Å². The number of nitrogens with zero attached hydrogens (tertiary/aromatic N) is 5. The second-order valence-electron chi connectivity index (χ2n) is 5.40. The summed E-state index contributed by atoms with van der Waals surface area (Å²) >= 11 is 0. The van der Waals surface area contributed by atoms with Crippen LogP contribution in [0, 0.1) is 6.92 Å². The average molecular weight is 273 g/mol. The number of likely N-dealkylation sites (N-methyl/N-ethyl adjacent to an activating group) is 1. The van der Waals surface area contributed by atoms with Crippen LogP contribution in [0.2, 0.25) is 0 Å². The van der Waals surface area contributed by atoms with Crippen LogP contribution in [-0.4, -0.2) is 63.7 Å². The summed E-state index contributed by atoms with van der Waals surface area (Å²) in [6, 6.07) is 1.91. The minimum absolute atomic E-state index is 0.0655. The Bertz CT molecular complexity index is 655. The molecule has 3 rings (SSSR count). The fourth-order valence-electron chi connectivity index (χ4n) is 2.62. The molecule has 0 radical (unpaired) electrons. The van der Waals surface area contributed by atoms with Crippen molar-refractivity contribution in [2.24, 2.45) is 7.05 Å². The number of carbonyl (C=O) groups is 1. The van der Waals surface area contributed by atoms with Crippen LogP contribution >= 0.6 is 0 Å². The van der Waals surface area contributed by atoms with Gasteiger partial charge in [-0.05, 0) is 20.0 Å². The molecule has 1 fully saturated rings. The van der Waals surface area contributed by atoms with Crippen molar-refractivity contribution in [2.75, 3.05) is 33.2 Å². The number of pyridine rings is 1. The molecule has 2 aromatic heterocycles. The van der Waals surface area contributed by atoms with E-state index in [4.69, 9.17) is 0 Å². The lowest BCUT2D eigenvalue weighted by Crippen LogP contribution is -2.47. The summed E-state index contributed by atoms with van der Waals surface area (Å²) in [6.45, 7) is 5.34. The molecule has 3 heterocycles. The van der Waals surface area contributed by atoms with Crippen LogP contribution in [-0.2, 0) is 7.05 Å². The third kappa shape index (κ3) is 2.16. The Kier molecular flexibility index (Phi) is 3.17. The molecule has 6 nitrogen and oxygen atoms in total. The number of hydrogen-bond acceptors (Lipinski definition) is 4. The van der Waals surface area contributed by atoms with Crippen LogP contribution in [0.3, 0.4) is 0 Å². The standard InChI is InChI=1S/C14H19N5O/c1-10-12-8-11(9-15-13(12)18(3)16-10)14(20)19-6-4-17(2)5-7-19/h8-9H,4-7H2,1-3H3. The van der Waals surface area contributed by atoms with E-state index >= 15 is 0 Å². The number of piperazine rings is 1. The quantitative estimate of drug-likeness (QED) is 0.766. The van der Waals surface area contributed by atoms with Gasteiger partial charge in [-0.25, -0.2) is 4.98 Å². The highest BCUT2D eigenvalue weighted by molar-refractivity contribution is 5.97. The lowest BCUT2D eigenvalue weighted by Gasteiger charge is -2.32. The lowest BCUT2D eigenvalue weighted by atomic mass is 10.1. The average Bonchev–Trinajstić information content (AvgIpc) is 2.74. The molecule has 1 aliphatic rings. The topological polar surface area (TPSA) is 54.3 Å². The first-order valence-electron chi connectivity index (χ1n) is 6.83. The van der Waals surface area contributed by atoms with E-state index in [0.717, 1.165) is 42.9 Å². The van der Waals surface area contributed by atoms with Crippen LogP contribution in [0.1, 0.15) is 16.1 Å². The number of rotatable bonds is 1. The Morgan fingerprint density at radius 3 is 2.60 bits per heavy atom. The van der Waals surface area contributed by atoms with Crippen molar-refractivity contribution < 1.29 is 4.79 Å². The van der Waals surface area contributed by atoms with Gasteiger partial charge in [0.1, 0.15) is 0 Å². The lowest BCUT2D eigenvalue weighted by molar-refractivity contribution is 0.0664. The molecule has 0 bridgehead atoms. The van der Waals surface area contributed by atoms with Crippen molar-refractivity contribution >= 4 is 16.9 Å². The SMILES string of the molecule is Cc1nn(C)c2ncc(C(=O)N3CCN(C)CC3)cc12. The van der Waals surface area contributed by atoms with Gasteiger partial charge in [-0.1, -0.05) is 0 Å². The van der Waals surface area contributed by atoms with Gasteiger partial charge in [-0.3, -0.25) is 9.48 Å². The maximum absolute atomic E-state index is 12.5. The predicted molar refractivity (Wildman–Crippen MR) is 76.6 cm³/mol. The van der Waals surface area contributed by atoms with Crippen LogP contribution in [0.25, 0.3) is 11.0 Å². The van der Waals surface area contributed by atoms with Gasteiger partial charge < -0.3 is 9.80 Å². The summed E-state index contributed by atoms with van der Waals surface area (Å²) in [6.07, 6.45) is 1.66. The number of fused-ring (bicyclic) bond motifs is 1. The Morgan fingerprint density at radius 2 is 1.90 bits per heavy atom. The highest BCUT2D eigenvalue weighted by Crippen LogP contribution is 2.18. The molecular formula is C14H19N5O. The van der Waals surface area contributed by atoms with E-state index in [1.165, 1.54) is 0 Å². The second-order valence-corrected chi connectivity index (χ2v) is 5.40. The van der Waals surface area contributed by atoms with E-state index in [-0.39, 0.29) is 5.91 Å². The van der Waals surface area contributed by atoms with Gasteiger partial charge in [-0.15, -0.1) is 0 Å². The number of amides is 1. The van der Waals surface area contributed by atoms with Gasteiger partial charge in [0.05, 0.1) is 11.3 Å². The van der Waals surface area contributed by atoms with Gasteiger partial charge >= 0.3 is 0 Å². The molecule has 20 heavy (non-hydrogen) atoms. The molecule has 1 amide bonds. The zero-order valence-electron chi connectivity index (χ0n) is 12.1. The highest BCUT2D eigenvalue weighted by atomic mass is 16.2. The van der Waals surface area contributed by atoms with Gasteiger partial charge in [0, 0.05) is 44.8 Å². The highest BCUT2D eigenvalue weighted by Gasteiger charge is 2.21. The molecule has 2 aromatic rings. The van der Waals surface area contributed by atoms with Crippen molar-refractivity contribution in [2.45, 2.75) is 6.92 Å². The first-order chi connectivity index (χ1) is 9.56. The summed E-state index contributed by atoms with van der Waals surface area (Å²) < 4.78 is 1.74. The van der Waals surface area contributed by atoms with Crippen LogP contribution in [0.5, 0.6) is 0 Å². The Morgan fingerprint density at radius 1 is 1.20 bits per heavy atom. The summed E-state index contributed by atoms with van der Waals surface area (Å²) in [5.41, 5.74) is 2.37. The minimum Gasteiger partial charge on any atom is -0.336 e. The smallest absolute Gasteiger partial charge is 0.255 e. The van der Waals surface area contributed by atoms with Crippen molar-refractivity contribution in [3.63, 3.8) is 0 Å². The van der Waals surface area contributed by atoms with Gasteiger partial charge in [0.25, 0.3) is 5.91 Å². The van der Waals surface area contributed by atoms with Crippen molar-refractivity contribution in [3.05, 3.63) is 23.5 Å². The minimum atomic E-state index is 0.0655. The van der Waals surface area contributed by atoms with E-state index in [2.05, 4.69) is 22.0 Å². The molecule has 0 atom stereocenters. The molecule has 1 aliphatic heterocycles. The summed E-state index contributed by atoms with van der Waals surface area (Å²) in [7, 11) is 3.94. The number of hydrogen-bond donors (Lipinski definition) is 0. The molecule has 0 N–H and O–H groups in total. The molecule has 0 aliphatic carbocycles.